The zero-order valence-corrected chi connectivity index (χ0v) is 19.4. The second kappa shape index (κ2) is 14.2. The van der Waals surface area contributed by atoms with Gasteiger partial charge in [-0.15, -0.1) is 0 Å². The fourth-order valence-corrected chi connectivity index (χ4v) is 3.50. The maximum absolute atomic E-state index is 13.4. The molecule has 3 amide bonds. The molecule has 180 valence electrons. The number of fused-ring (bicyclic) bond motifs is 1. The third-order valence-corrected chi connectivity index (χ3v) is 5.37. The second-order valence-electron chi connectivity index (χ2n) is 8.04. The molecule has 1 heterocycles. The minimum atomic E-state index is -0.829. The molecule has 2 rings (SSSR count). The summed E-state index contributed by atoms with van der Waals surface area (Å²) in [6.07, 6.45) is 5.10. The monoisotopic (exact) mass is 459 g/mol. The molecule has 8 heteroatoms. The third-order valence-electron chi connectivity index (χ3n) is 5.37. The van der Waals surface area contributed by atoms with Crippen LogP contribution < -0.4 is 16.6 Å². The van der Waals surface area contributed by atoms with Gasteiger partial charge in [-0.2, -0.15) is 0 Å². The van der Waals surface area contributed by atoms with Gasteiger partial charge >= 0.3 is 0 Å². The highest BCUT2D eigenvalue weighted by Gasteiger charge is 2.25. The summed E-state index contributed by atoms with van der Waals surface area (Å²) < 4.78 is 15.1. The number of nitrogens with zero attached hydrogens (tertiary/aromatic N) is 2. The number of carbonyl (C=O) groups is 3. The molecule has 0 radical (unpaired) electrons. The van der Waals surface area contributed by atoms with Crippen molar-refractivity contribution in [1.29, 1.82) is 0 Å². The summed E-state index contributed by atoms with van der Waals surface area (Å²) >= 11 is 0. The smallest absolute Gasteiger partial charge is 0.266 e. The molecule has 2 atom stereocenters. The van der Waals surface area contributed by atoms with Crippen molar-refractivity contribution in [2.75, 3.05) is 13.1 Å². The Bertz CT molecular complexity index is 975. The number of benzene rings is 1. The normalized spacial score (nSPS) is 13.6. The first-order valence-corrected chi connectivity index (χ1v) is 11.5. The highest BCUT2D eigenvalue weighted by Crippen LogP contribution is 2.13. The van der Waals surface area contributed by atoms with Crippen LogP contribution in [0.3, 0.4) is 0 Å². The van der Waals surface area contributed by atoms with Crippen LogP contribution in [-0.2, 0) is 9.59 Å². The van der Waals surface area contributed by atoms with Crippen LogP contribution in [0.5, 0.6) is 0 Å². The van der Waals surface area contributed by atoms with Gasteiger partial charge in [-0.25, -0.2) is 5.43 Å². The quantitative estimate of drug-likeness (QED) is 0.279. The number of aromatic nitrogens is 1. The topological polar surface area (TPSA) is 117 Å². The van der Waals surface area contributed by atoms with E-state index >= 15 is 0 Å². The van der Waals surface area contributed by atoms with Gasteiger partial charge in [-0.3, -0.25) is 24.8 Å². The van der Waals surface area contributed by atoms with Crippen molar-refractivity contribution in [3.63, 3.8) is 0 Å². The number of nitrogens with one attached hydrogen (secondary N) is 2. The molecule has 8 nitrogen and oxygen atoms in total. The van der Waals surface area contributed by atoms with E-state index in [0.717, 1.165) is 30.2 Å². The Morgan fingerprint density at radius 1 is 1.18 bits per heavy atom. The van der Waals surface area contributed by atoms with Gasteiger partial charge in [0.2, 0.25) is 11.8 Å². The number of carbonyl (C=O) groups excluding carboxylic acids is 3. The predicted octanol–water partition coefficient (Wildman–Crippen LogP) is 3.31. The SMILES string of the molecule is [3H]CC([3H])CCCN(CCCCC)C(=O)[C@@H](CCC(N)=O)NNC(=O)c1cnc2ccccc2c1. The molecular formula is C25H37N5O3. The first kappa shape index (κ1) is 23.2. The van der Waals surface area contributed by atoms with Crippen molar-refractivity contribution in [3.05, 3.63) is 42.1 Å². The summed E-state index contributed by atoms with van der Waals surface area (Å²) in [5.41, 5.74) is 11.8. The highest BCUT2D eigenvalue weighted by atomic mass is 16.2. The molecule has 0 fully saturated rings. The van der Waals surface area contributed by atoms with E-state index in [1.54, 1.807) is 11.0 Å². The fourth-order valence-electron chi connectivity index (χ4n) is 3.50. The Kier molecular flexibility index (Phi) is 9.98. The minimum absolute atomic E-state index is 0.00670. The molecule has 0 bridgehead atoms. The molecule has 33 heavy (non-hydrogen) atoms. The number of primary amides is 1. The number of pyridine rings is 1. The lowest BCUT2D eigenvalue weighted by atomic mass is 10.1. The van der Waals surface area contributed by atoms with E-state index in [2.05, 4.69) is 22.8 Å². The summed E-state index contributed by atoms with van der Waals surface area (Å²) in [5.74, 6) is -1.20. The van der Waals surface area contributed by atoms with E-state index in [0.29, 0.717) is 31.5 Å². The molecule has 4 N–H and O–H groups in total. The van der Waals surface area contributed by atoms with Gasteiger partial charge in [0.15, 0.2) is 0 Å². The van der Waals surface area contributed by atoms with Crippen molar-refractivity contribution >= 4 is 28.6 Å². The molecule has 0 saturated carbocycles. The average molecular weight is 460 g/mol. The largest absolute Gasteiger partial charge is 0.370 e. The van der Waals surface area contributed by atoms with Gasteiger partial charge in [0, 0.05) is 33.8 Å². The van der Waals surface area contributed by atoms with Crippen molar-refractivity contribution in [3.8, 4) is 0 Å². The molecule has 1 aromatic carbocycles. The first-order chi connectivity index (χ1) is 16.8. The summed E-state index contributed by atoms with van der Waals surface area (Å²) in [7, 11) is 0. The van der Waals surface area contributed by atoms with Gasteiger partial charge in [0.05, 0.1) is 11.1 Å². The number of rotatable bonds is 15. The van der Waals surface area contributed by atoms with Crippen molar-refractivity contribution in [1.82, 2.24) is 20.7 Å². The Labute approximate surface area is 199 Å². The second-order valence-corrected chi connectivity index (χ2v) is 8.04. The number of unbranched alkanes of at least 4 members (excludes halogenated alkanes) is 2. The molecule has 1 unspecified atom stereocenters. The molecule has 0 saturated heterocycles. The van der Waals surface area contributed by atoms with E-state index in [1.165, 1.54) is 6.20 Å². The van der Waals surface area contributed by atoms with Gasteiger partial charge in [0.25, 0.3) is 5.91 Å². The molecule has 2 aromatic rings. The zero-order valence-electron chi connectivity index (χ0n) is 21.4. The van der Waals surface area contributed by atoms with E-state index in [4.69, 9.17) is 8.48 Å². The van der Waals surface area contributed by atoms with E-state index < -0.39 is 24.3 Å². The lowest BCUT2D eigenvalue weighted by Gasteiger charge is -2.28. The minimum Gasteiger partial charge on any atom is -0.370 e. The Morgan fingerprint density at radius 3 is 2.67 bits per heavy atom. The van der Waals surface area contributed by atoms with Crippen molar-refractivity contribution in [2.24, 2.45) is 5.73 Å². The van der Waals surface area contributed by atoms with E-state index in [1.807, 2.05) is 24.3 Å². The van der Waals surface area contributed by atoms with Crippen LogP contribution in [0.1, 0.15) is 78.3 Å². The van der Waals surface area contributed by atoms with Gasteiger partial charge in [-0.05, 0) is 31.4 Å². The summed E-state index contributed by atoms with van der Waals surface area (Å²) in [5, 5.41) is 0.823. The van der Waals surface area contributed by atoms with Crippen LogP contribution in [-0.4, -0.2) is 46.7 Å². The predicted molar refractivity (Wildman–Crippen MR) is 130 cm³/mol. The van der Waals surface area contributed by atoms with Gasteiger partial charge in [-0.1, -0.05) is 57.7 Å². The van der Waals surface area contributed by atoms with Crippen LogP contribution >= 0.6 is 0 Å². The van der Waals surface area contributed by atoms with Crippen molar-refractivity contribution in [2.45, 2.75) is 71.2 Å². The fraction of sp³-hybridized carbons (Fsp3) is 0.520. The van der Waals surface area contributed by atoms with E-state index in [-0.39, 0.29) is 25.6 Å². The number of para-hydroxylation sites is 1. The lowest BCUT2D eigenvalue weighted by molar-refractivity contribution is -0.134. The van der Waals surface area contributed by atoms with E-state index in [9.17, 15) is 14.4 Å². The maximum atomic E-state index is 13.4. The van der Waals surface area contributed by atoms with Gasteiger partial charge < -0.3 is 10.6 Å². The molecule has 0 spiro atoms. The van der Waals surface area contributed by atoms with Crippen LogP contribution in [0.4, 0.5) is 0 Å². The number of hydrogen-bond donors (Lipinski definition) is 3. The van der Waals surface area contributed by atoms with Crippen LogP contribution in [0, 0.1) is 0 Å². The number of hydrazine groups is 1. The van der Waals surface area contributed by atoms with Gasteiger partial charge in [0.1, 0.15) is 6.04 Å². The average Bonchev–Trinajstić information content (AvgIpc) is 2.86. The Hall–Kier alpha value is -3.00. The standard InChI is InChI=1S/C25H37N5O3/c1-3-5-9-15-30(16-10-6-4-2)25(33)22(13-14-23(26)31)28-29-24(32)20-17-19-11-7-8-12-21(19)27-18-20/h7-8,11-12,17-18,22,28H,3-6,9-10,13-16H2,1-2H3,(H2,26,31)(H,29,32)/t22-/m1/s1/i1T,3T/t3?,22-. The zero-order chi connectivity index (χ0) is 25.6. The summed E-state index contributed by atoms with van der Waals surface area (Å²) in [4.78, 5) is 43.5. The van der Waals surface area contributed by atoms with Crippen molar-refractivity contribution < 1.29 is 17.1 Å². The summed E-state index contributed by atoms with van der Waals surface area (Å²) in [6, 6.07) is 8.35. The van der Waals surface area contributed by atoms with Crippen LogP contribution in [0.15, 0.2) is 36.5 Å². The molecule has 1 aromatic heterocycles. The Morgan fingerprint density at radius 2 is 1.94 bits per heavy atom. The van der Waals surface area contributed by atoms with Crippen LogP contribution in [0.2, 0.25) is 0 Å². The molecule has 0 aliphatic heterocycles. The summed E-state index contributed by atoms with van der Waals surface area (Å²) in [6.45, 7) is 3.12. The molecule has 0 aliphatic rings. The molecular weight excluding hydrogens is 418 g/mol. The number of hydrogen-bond acceptors (Lipinski definition) is 5. The lowest BCUT2D eigenvalue weighted by Crippen LogP contribution is -2.53. The first-order valence-electron chi connectivity index (χ1n) is 12.8. The third kappa shape index (κ3) is 8.81. The van der Waals surface area contributed by atoms with Crippen LogP contribution in [0.25, 0.3) is 10.9 Å². The molecule has 0 aliphatic carbocycles. The number of amides is 3. The highest BCUT2D eigenvalue weighted by molar-refractivity contribution is 5.97. The maximum Gasteiger partial charge on any atom is 0.266 e. The number of nitrogens with two attached hydrogens (primary N) is 1. The Balaban J connectivity index is 2.08.